The van der Waals surface area contributed by atoms with Gasteiger partial charge in [-0.2, -0.15) is 0 Å². The summed E-state index contributed by atoms with van der Waals surface area (Å²) in [7, 11) is 1.54. The zero-order valence-electron chi connectivity index (χ0n) is 10.5. The lowest BCUT2D eigenvalue weighted by atomic mass is 10.2. The highest BCUT2D eigenvalue weighted by Gasteiger charge is 2.09. The van der Waals surface area contributed by atoms with Crippen molar-refractivity contribution in [3.8, 4) is 0 Å². The number of hydrogen-bond donors (Lipinski definition) is 2. The molecule has 0 radical (unpaired) electrons. The lowest BCUT2D eigenvalue weighted by molar-refractivity contribution is 0.0727. The number of ether oxygens (including phenoxy) is 2. The predicted molar refractivity (Wildman–Crippen MR) is 67.1 cm³/mol. The van der Waals surface area contributed by atoms with Crippen LogP contribution in [0.4, 0.5) is 4.79 Å². The van der Waals surface area contributed by atoms with Crippen LogP contribution in [0.2, 0.25) is 0 Å². The van der Waals surface area contributed by atoms with Crippen molar-refractivity contribution in [2.45, 2.75) is 19.1 Å². The average Bonchev–Trinajstić information content (AvgIpc) is 2.42. The fraction of sp³-hybridized carbons (Fsp3) is 0.462. The van der Waals surface area contributed by atoms with Crippen LogP contribution < -0.4 is 5.32 Å². The standard InChI is InChI=1S/C13H19NO4/c1-17-12(7-8-15)9-14-13(16)18-10-11-5-3-2-4-6-11/h2-6,12,15H,7-10H2,1H3,(H,14,16). The highest BCUT2D eigenvalue weighted by Crippen LogP contribution is 2.00. The number of rotatable bonds is 7. The first-order chi connectivity index (χ1) is 8.76. The molecule has 0 saturated heterocycles. The second-order valence-corrected chi connectivity index (χ2v) is 3.81. The summed E-state index contributed by atoms with van der Waals surface area (Å²) in [6.07, 6.45) is -0.201. The van der Waals surface area contributed by atoms with Crippen molar-refractivity contribution < 1.29 is 19.4 Å². The lowest BCUT2D eigenvalue weighted by Gasteiger charge is -2.14. The van der Waals surface area contributed by atoms with Gasteiger partial charge in [0.15, 0.2) is 0 Å². The van der Waals surface area contributed by atoms with Crippen molar-refractivity contribution in [3.63, 3.8) is 0 Å². The maximum absolute atomic E-state index is 11.4. The fourth-order valence-electron chi connectivity index (χ4n) is 1.42. The van der Waals surface area contributed by atoms with Crippen LogP contribution in [0, 0.1) is 0 Å². The van der Waals surface area contributed by atoms with E-state index in [0.29, 0.717) is 13.0 Å². The van der Waals surface area contributed by atoms with Crippen LogP contribution in [0.1, 0.15) is 12.0 Å². The fourth-order valence-corrected chi connectivity index (χ4v) is 1.42. The quantitative estimate of drug-likeness (QED) is 0.769. The summed E-state index contributed by atoms with van der Waals surface area (Å²) in [5, 5.41) is 11.4. The molecular formula is C13H19NO4. The molecule has 100 valence electrons. The van der Waals surface area contributed by atoms with E-state index in [9.17, 15) is 4.79 Å². The molecule has 1 aromatic rings. The topological polar surface area (TPSA) is 67.8 Å². The molecule has 0 fully saturated rings. The Morgan fingerprint density at radius 3 is 2.72 bits per heavy atom. The largest absolute Gasteiger partial charge is 0.445 e. The summed E-state index contributed by atoms with van der Waals surface area (Å²) in [6, 6.07) is 9.45. The molecule has 1 unspecified atom stereocenters. The number of methoxy groups -OCH3 is 1. The van der Waals surface area contributed by atoms with E-state index < -0.39 is 6.09 Å². The molecule has 0 aliphatic heterocycles. The van der Waals surface area contributed by atoms with Crippen molar-refractivity contribution in [2.75, 3.05) is 20.3 Å². The van der Waals surface area contributed by atoms with Gasteiger partial charge in [0.05, 0.1) is 6.10 Å². The second kappa shape index (κ2) is 8.49. The summed E-state index contributed by atoms with van der Waals surface area (Å²) in [4.78, 5) is 11.4. The molecule has 5 nitrogen and oxygen atoms in total. The van der Waals surface area contributed by atoms with Crippen molar-refractivity contribution in [3.05, 3.63) is 35.9 Å². The Hall–Kier alpha value is -1.59. The lowest BCUT2D eigenvalue weighted by Crippen LogP contribution is -2.34. The minimum absolute atomic E-state index is 0.0270. The second-order valence-electron chi connectivity index (χ2n) is 3.81. The van der Waals surface area contributed by atoms with Gasteiger partial charge in [-0.3, -0.25) is 0 Å². The molecule has 0 aliphatic rings. The van der Waals surface area contributed by atoms with Crippen molar-refractivity contribution in [1.29, 1.82) is 0 Å². The maximum atomic E-state index is 11.4. The summed E-state index contributed by atoms with van der Waals surface area (Å²) in [5.41, 5.74) is 0.936. The van der Waals surface area contributed by atoms with Gasteiger partial charge in [0, 0.05) is 20.3 Å². The highest BCUT2D eigenvalue weighted by atomic mass is 16.5. The first kappa shape index (κ1) is 14.5. The molecule has 0 spiro atoms. The normalized spacial score (nSPS) is 11.9. The Morgan fingerprint density at radius 1 is 1.39 bits per heavy atom. The molecule has 5 heteroatoms. The van der Waals surface area contributed by atoms with Gasteiger partial charge < -0.3 is 19.9 Å². The van der Waals surface area contributed by atoms with Gasteiger partial charge in [-0.25, -0.2) is 4.79 Å². The van der Waals surface area contributed by atoms with Crippen molar-refractivity contribution >= 4 is 6.09 Å². The number of carbonyl (C=O) groups is 1. The Morgan fingerprint density at radius 2 is 2.11 bits per heavy atom. The van der Waals surface area contributed by atoms with E-state index in [1.54, 1.807) is 0 Å². The predicted octanol–water partition coefficient (Wildman–Crippen LogP) is 1.31. The number of hydrogen-bond acceptors (Lipinski definition) is 4. The molecule has 2 N–H and O–H groups in total. The maximum Gasteiger partial charge on any atom is 0.407 e. The van der Waals surface area contributed by atoms with Gasteiger partial charge in [-0.05, 0) is 12.0 Å². The molecule has 0 heterocycles. The minimum atomic E-state index is -0.487. The van der Waals surface area contributed by atoms with Crippen LogP contribution in [-0.4, -0.2) is 37.6 Å². The van der Waals surface area contributed by atoms with E-state index >= 15 is 0 Å². The van der Waals surface area contributed by atoms with Crippen LogP contribution in [0.25, 0.3) is 0 Å². The number of nitrogens with one attached hydrogen (secondary N) is 1. The monoisotopic (exact) mass is 253 g/mol. The molecule has 0 aliphatic carbocycles. The molecule has 1 atom stereocenters. The molecule has 0 saturated carbocycles. The molecule has 1 rings (SSSR count). The molecule has 1 amide bonds. The van der Waals surface area contributed by atoms with Crippen molar-refractivity contribution in [1.82, 2.24) is 5.32 Å². The van der Waals surface area contributed by atoms with E-state index in [4.69, 9.17) is 14.6 Å². The van der Waals surface area contributed by atoms with Gasteiger partial charge >= 0.3 is 6.09 Å². The third-order valence-corrected chi connectivity index (χ3v) is 2.47. The van der Waals surface area contributed by atoms with Crippen LogP contribution in [-0.2, 0) is 16.1 Å². The third kappa shape index (κ3) is 5.65. The van der Waals surface area contributed by atoms with Gasteiger partial charge in [0.2, 0.25) is 0 Å². The molecule has 0 aromatic heterocycles. The number of benzene rings is 1. The molecular weight excluding hydrogens is 234 g/mol. The van der Waals surface area contributed by atoms with Crippen LogP contribution in [0.3, 0.4) is 0 Å². The van der Waals surface area contributed by atoms with E-state index in [-0.39, 0.29) is 19.3 Å². The Balaban J connectivity index is 2.21. The first-order valence-electron chi connectivity index (χ1n) is 5.84. The first-order valence-corrected chi connectivity index (χ1v) is 5.84. The van der Waals surface area contributed by atoms with Gasteiger partial charge in [-0.1, -0.05) is 30.3 Å². The van der Waals surface area contributed by atoms with Crippen LogP contribution >= 0.6 is 0 Å². The Bertz CT molecular complexity index is 342. The molecule has 18 heavy (non-hydrogen) atoms. The molecule has 1 aromatic carbocycles. The minimum Gasteiger partial charge on any atom is -0.445 e. The number of aliphatic hydroxyl groups is 1. The van der Waals surface area contributed by atoms with Crippen LogP contribution in [0.15, 0.2) is 30.3 Å². The Kier molecular flexibility index (Phi) is 6.83. The summed E-state index contributed by atoms with van der Waals surface area (Å²) < 4.78 is 10.1. The van der Waals surface area contributed by atoms with E-state index in [2.05, 4.69) is 5.32 Å². The van der Waals surface area contributed by atoms with E-state index in [1.807, 2.05) is 30.3 Å². The van der Waals surface area contributed by atoms with Gasteiger partial charge in [0.25, 0.3) is 0 Å². The van der Waals surface area contributed by atoms with Gasteiger partial charge in [-0.15, -0.1) is 0 Å². The number of aliphatic hydroxyl groups excluding tert-OH is 1. The summed E-state index contributed by atoms with van der Waals surface area (Å²) in [6.45, 7) is 0.592. The highest BCUT2D eigenvalue weighted by molar-refractivity contribution is 5.67. The summed E-state index contributed by atoms with van der Waals surface area (Å²) in [5.74, 6) is 0. The smallest absolute Gasteiger partial charge is 0.407 e. The average molecular weight is 253 g/mol. The molecule has 0 bridgehead atoms. The zero-order valence-corrected chi connectivity index (χ0v) is 10.5. The zero-order chi connectivity index (χ0) is 13.2. The van der Waals surface area contributed by atoms with E-state index in [1.165, 1.54) is 7.11 Å². The summed E-state index contributed by atoms with van der Waals surface area (Å²) >= 11 is 0. The SMILES string of the molecule is COC(CCO)CNC(=O)OCc1ccccc1. The van der Waals surface area contributed by atoms with Gasteiger partial charge in [0.1, 0.15) is 6.61 Å². The number of amides is 1. The third-order valence-electron chi connectivity index (χ3n) is 2.47. The Labute approximate surface area is 107 Å². The number of carbonyl (C=O) groups excluding carboxylic acids is 1. The van der Waals surface area contributed by atoms with Crippen LogP contribution in [0.5, 0.6) is 0 Å². The van der Waals surface area contributed by atoms with Crippen molar-refractivity contribution in [2.24, 2.45) is 0 Å². The number of alkyl carbamates (subject to hydrolysis) is 1. The van der Waals surface area contributed by atoms with E-state index in [0.717, 1.165) is 5.56 Å².